The maximum absolute atomic E-state index is 12.7. The zero-order valence-electron chi connectivity index (χ0n) is 19.1. The maximum Gasteiger partial charge on any atom is 0.241 e. The van der Waals surface area contributed by atoms with Gasteiger partial charge in [0.15, 0.2) is 17.5 Å². The highest BCUT2D eigenvalue weighted by molar-refractivity contribution is 14.0. The van der Waals surface area contributed by atoms with E-state index in [1.807, 2.05) is 35.2 Å². The third-order valence-electron chi connectivity index (χ3n) is 5.79. The lowest BCUT2D eigenvalue weighted by molar-refractivity contribution is -0.130. The van der Waals surface area contributed by atoms with Crippen molar-refractivity contribution in [2.45, 2.75) is 39.2 Å². The average molecular weight is 564 g/mol. The van der Waals surface area contributed by atoms with E-state index in [0.717, 1.165) is 55.1 Å². The van der Waals surface area contributed by atoms with Crippen LogP contribution >= 0.6 is 24.0 Å². The predicted octanol–water partition coefficient (Wildman–Crippen LogP) is 4.34. The molecule has 2 aliphatic heterocycles. The molecule has 178 valence electrons. The monoisotopic (exact) mass is 564 g/mol. The van der Waals surface area contributed by atoms with Crippen LogP contribution in [-0.2, 0) is 11.3 Å². The summed E-state index contributed by atoms with van der Waals surface area (Å²) < 4.78 is 11.5. The number of hydrogen-bond donors (Lipinski definition) is 2. The Morgan fingerprint density at radius 2 is 1.76 bits per heavy atom. The van der Waals surface area contributed by atoms with Gasteiger partial charge in [0.25, 0.3) is 0 Å². The number of carbonyl (C=O) groups excluding carboxylic acids is 1. The van der Waals surface area contributed by atoms with Crippen molar-refractivity contribution < 1.29 is 14.3 Å². The molecule has 0 aromatic heterocycles. The molecule has 7 nitrogen and oxygen atoms in total. The number of aryl methyl sites for hydroxylation is 1. The molecule has 33 heavy (non-hydrogen) atoms. The number of anilines is 1. The van der Waals surface area contributed by atoms with E-state index in [-0.39, 0.29) is 36.4 Å². The molecule has 0 atom stereocenters. The summed E-state index contributed by atoms with van der Waals surface area (Å²) >= 11 is 0. The lowest BCUT2D eigenvalue weighted by Gasteiger charge is -2.27. The van der Waals surface area contributed by atoms with E-state index in [1.54, 1.807) is 0 Å². The van der Waals surface area contributed by atoms with Gasteiger partial charge in [0.2, 0.25) is 5.91 Å². The quantitative estimate of drug-likeness (QED) is 0.321. The smallest absolute Gasteiger partial charge is 0.241 e. The van der Waals surface area contributed by atoms with Gasteiger partial charge in [0.1, 0.15) is 0 Å². The molecule has 0 unspecified atom stereocenters. The van der Waals surface area contributed by atoms with E-state index in [2.05, 4.69) is 29.7 Å². The summed E-state index contributed by atoms with van der Waals surface area (Å²) in [5.74, 6) is 2.14. The number of benzene rings is 2. The van der Waals surface area contributed by atoms with Gasteiger partial charge in [-0.1, -0.05) is 24.3 Å². The van der Waals surface area contributed by atoms with Gasteiger partial charge in [-0.3, -0.25) is 4.79 Å². The Hall–Kier alpha value is -2.49. The summed E-state index contributed by atoms with van der Waals surface area (Å²) in [5, 5.41) is 6.55. The number of nitrogens with zero attached hydrogens (tertiary/aromatic N) is 2. The van der Waals surface area contributed by atoms with E-state index in [4.69, 9.17) is 14.5 Å². The second-order valence-electron chi connectivity index (χ2n) is 8.22. The van der Waals surface area contributed by atoms with Gasteiger partial charge in [-0.25, -0.2) is 4.99 Å². The molecule has 2 heterocycles. The highest BCUT2D eigenvalue weighted by Crippen LogP contribution is 2.32. The average Bonchev–Trinajstić information content (AvgIpc) is 3.07. The van der Waals surface area contributed by atoms with Crippen LogP contribution in [0.5, 0.6) is 11.5 Å². The van der Waals surface area contributed by atoms with Crippen molar-refractivity contribution in [2.75, 3.05) is 38.2 Å². The normalized spacial score (nSPS) is 15.8. The number of aliphatic imine (C=N–C) groups is 1. The lowest BCUT2D eigenvalue weighted by atomic mass is 10.1. The van der Waals surface area contributed by atoms with Crippen molar-refractivity contribution in [1.82, 2.24) is 10.2 Å². The molecular weight excluding hydrogens is 531 g/mol. The van der Waals surface area contributed by atoms with Crippen molar-refractivity contribution in [3.8, 4) is 11.5 Å². The van der Waals surface area contributed by atoms with Gasteiger partial charge in [0.05, 0.1) is 26.3 Å². The molecule has 0 spiro atoms. The maximum atomic E-state index is 12.7. The van der Waals surface area contributed by atoms with E-state index >= 15 is 0 Å². The van der Waals surface area contributed by atoms with Crippen LogP contribution in [0.15, 0.2) is 47.5 Å². The summed E-state index contributed by atoms with van der Waals surface area (Å²) in [6.07, 6.45) is 4.22. The molecule has 4 rings (SSSR count). The zero-order chi connectivity index (χ0) is 22.2. The van der Waals surface area contributed by atoms with Crippen LogP contribution in [0.4, 0.5) is 5.69 Å². The molecule has 2 aliphatic rings. The molecule has 0 aliphatic carbocycles. The van der Waals surface area contributed by atoms with Crippen molar-refractivity contribution in [3.63, 3.8) is 0 Å². The molecule has 2 N–H and O–H groups in total. The fraction of sp³-hybridized carbons (Fsp3) is 0.440. The Balaban J connectivity index is 0.00000306. The van der Waals surface area contributed by atoms with Gasteiger partial charge in [-0.15, -0.1) is 24.0 Å². The Morgan fingerprint density at radius 3 is 2.55 bits per heavy atom. The Bertz CT molecular complexity index is 960. The minimum atomic E-state index is 0. The standard InChI is InChI=1S/C25H32N4O3.HI/c1-19-8-3-4-9-20(19)17-26-25(27-18-24(30)29-12-5-2-6-13-29)28-21-10-11-22-23(16-21)32-15-7-14-31-22;/h3-4,8-11,16H,2,5-7,12-15,17-18H2,1H3,(H2,26,27,28);1H. The third-order valence-corrected chi connectivity index (χ3v) is 5.79. The highest BCUT2D eigenvalue weighted by Gasteiger charge is 2.17. The largest absolute Gasteiger partial charge is 0.490 e. The Kier molecular flexibility index (Phi) is 9.65. The van der Waals surface area contributed by atoms with Gasteiger partial charge in [-0.2, -0.15) is 0 Å². The molecule has 2 aromatic rings. The minimum Gasteiger partial charge on any atom is -0.490 e. The molecule has 0 radical (unpaired) electrons. The van der Waals surface area contributed by atoms with Crippen molar-refractivity contribution in [2.24, 2.45) is 4.99 Å². The number of fused-ring (bicyclic) bond motifs is 1. The number of nitrogens with one attached hydrogen (secondary N) is 2. The van der Waals surface area contributed by atoms with Crippen molar-refractivity contribution in [3.05, 3.63) is 53.6 Å². The molecule has 0 bridgehead atoms. The number of likely N-dealkylation sites (tertiary alicyclic amines) is 1. The highest BCUT2D eigenvalue weighted by atomic mass is 127. The summed E-state index contributed by atoms with van der Waals surface area (Å²) in [6.45, 7) is 5.78. The van der Waals surface area contributed by atoms with E-state index in [1.165, 1.54) is 12.0 Å². The molecule has 1 saturated heterocycles. The van der Waals surface area contributed by atoms with Crippen LogP contribution in [0.1, 0.15) is 36.8 Å². The van der Waals surface area contributed by atoms with Crippen molar-refractivity contribution >= 4 is 41.5 Å². The predicted molar refractivity (Wildman–Crippen MR) is 142 cm³/mol. The summed E-state index contributed by atoms with van der Waals surface area (Å²) in [6, 6.07) is 13.9. The number of rotatable bonds is 5. The lowest BCUT2D eigenvalue weighted by Crippen LogP contribution is -2.44. The first-order valence-corrected chi connectivity index (χ1v) is 11.5. The Labute approximate surface area is 213 Å². The molecule has 1 fully saturated rings. The number of amides is 1. The van der Waals surface area contributed by atoms with Crippen LogP contribution in [-0.4, -0.2) is 49.6 Å². The number of hydrogen-bond acceptors (Lipinski definition) is 4. The van der Waals surface area contributed by atoms with Crippen LogP contribution in [0, 0.1) is 6.92 Å². The first-order valence-electron chi connectivity index (χ1n) is 11.5. The van der Waals surface area contributed by atoms with E-state index in [9.17, 15) is 4.79 Å². The number of piperidine rings is 1. The van der Waals surface area contributed by atoms with Gasteiger partial charge < -0.3 is 25.0 Å². The fourth-order valence-electron chi connectivity index (χ4n) is 3.88. The zero-order valence-corrected chi connectivity index (χ0v) is 21.5. The van der Waals surface area contributed by atoms with Crippen LogP contribution in [0.2, 0.25) is 0 Å². The number of halogens is 1. The van der Waals surface area contributed by atoms with E-state index < -0.39 is 0 Å². The second kappa shape index (κ2) is 12.7. The summed E-state index contributed by atoms with van der Waals surface area (Å²) in [7, 11) is 0. The van der Waals surface area contributed by atoms with Gasteiger partial charge in [0, 0.05) is 31.3 Å². The van der Waals surface area contributed by atoms with Gasteiger partial charge in [-0.05, 0) is 49.4 Å². The third kappa shape index (κ3) is 7.25. The van der Waals surface area contributed by atoms with Crippen LogP contribution in [0.25, 0.3) is 0 Å². The number of ether oxygens (including phenoxy) is 2. The molecule has 1 amide bonds. The number of guanidine groups is 1. The molecule has 0 saturated carbocycles. The van der Waals surface area contributed by atoms with Gasteiger partial charge >= 0.3 is 0 Å². The molecule has 8 heteroatoms. The summed E-state index contributed by atoms with van der Waals surface area (Å²) in [4.78, 5) is 19.3. The minimum absolute atomic E-state index is 0. The second-order valence-corrected chi connectivity index (χ2v) is 8.22. The first kappa shape index (κ1) is 25.1. The summed E-state index contributed by atoms with van der Waals surface area (Å²) in [5.41, 5.74) is 3.17. The van der Waals surface area contributed by atoms with Crippen molar-refractivity contribution in [1.29, 1.82) is 0 Å². The van der Waals surface area contributed by atoms with E-state index in [0.29, 0.717) is 25.7 Å². The first-order chi connectivity index (χ1) is 15.7. The topological polar surface area (TPSA) is 75.2 Å². The fourth-order valence-corrected chi connectivity index (χ4v) is 3.88. The SMILES string of the molecule is Cc1ccccc1CN=C(NCC(=O)N1CCCCC1)Nc1ccc2c(c1)OCCCO2.I. The molecular formula is C25H33IN4O3. The van der Waals surface area contributed by atoms with Crippen LogP contribution in [0.3, 0.4) is 0 Å². The van der Waals surface area contributed by atoms with Crippen LogP contribution < -0.4 is 20.1 Å². The Morgan fingerprint density at radius 1 is 1.00 bits per heavy atom. The number of carbonyl (C=O) groups is 1. The molecule has 2 aromatic carbocycles.